The number of halogens is 1. The Balaban J connectivity index is 1.37. The molecule has 5 rings (SSSR count). The molecular weight excluding hydrogens is 400 g/mol. The second-order valence-corrected chi connectivity index (χ2v) is 9.75. The minimum Gasteiger partial charge on any atom is -0.353 e. The summed E-state index contributed by atoms with van der Waals surface area (Å²) in [5.74, 6) is 2.07. The fourth-order valence-electron chi connectivity index (χ4n) is 4.61. The lowest BCUT2D eigenvalue weighted by Gasteiger charge is -2.36. The minimum absolute atomic E-state index is 0.802. The van der Waals surface area contributed by atoms with Crippen LogP contribution in [0.25, 0.3) is 10.2 Å². The number of fused-ring (bicyclic) bond motifs is 3. The number of thiophene rings is 1. The highest BCUT2D eigenvalue weighted by atomic mass is 35.5. The fraction of sp³-hybridized carbons (Fsp3) is 0.478. The molecule has 1 aliphatic heterocycles. The zero-order chi connectivity index (χ0) is 19.8. The first-order valence-corrected chi connectivity index (χ1v) is 11.9. The van der Waals surface area contributed by atoms with Crippen LogP contribution in [0.5, 0.6) is 0 Å². The van der Waals surface area contributed by atoms with Gasteiger partial charge in [0.15, 0.2) is 0 Å². The first-order valence-electron chi connectivity index (χ1n) is 10.7. The van der Waals surface area contributed by atoms with Crippen LogP contribution >= 0.6 is 22.9 Å². The van der Waals surface area contributed by atoms with Gasteiger partial charge in [-0.25, -0.2) is 9.97 Å². The molecule has 0 atom stereocenters. The fourth-order valence-corrected chi connectivity index (χ4v) is 6.04. The number of hydrogen-bond donors (Lipinski definition) is 0. The molecule has 29 heavy (non-hydrogen) atoms. The zero-order valence-corrected chi connectivity index (χ0v) is 18.5. The summed E-state index contributed by atoms with van der Waals surface area (Å²) in [6, 6.07) is 8.23. The molecule has 0 N–H and O–H groups in total. The van der Waals surface area contributed by atoms with E-state index in [1.165, 1.54) is 53.7 Å². The van der Waals surface area contributed by atoms with Crippen molar-refractivity contribution in [3.63, 3.8) is 0 Å². The van der Waals surface area contributed by atoms with E-state index in [2.05, 4.69) is 21.9 Å². The summed E-state index contributed by atoms with van der Waals surface area (Å²) < 4.78 is 0. The van der Waals surface area contributed by atoms with Crippen molar-refractivity contribution in [1.82, 2.24) is 14.9 Å². The molecule has 1 aromatic carbocycles. The molecule has 152 valence electrons. The Morgan fingerprint density at radius 3 is 2.52 bits per heavy atom. The normalized spacial score (nSPS) is 18.1. The van der Waals surface area contributed by atoms with E-state index in [1.807, 2.05) is 30.4 Å². The molecule has 6 heteroatoms. The molecule has 3 aromatic rings. The Hall–Kier alpha value is -1.69. The molecule has 1 fully saturated rings. The van der Waals surface area contributed by atoms with Gasteiger partial charge < -0.3 is 4.90 Å². The highest BCUT2D eigenvalue weighted by molar-refractivity contribution is 7.19. The van der Waals surface area contributed by atoms with Gasteiger partial charge in [-0.05, 0) is 55.9 Å². The average molecular weight is 427 g/mol. The zero-order valence-electron chi connectivity index (χ0n) is 17.0. The first-order chi connectivity index (χ1) is 14.2. The largest absolute Gasteiger partial charge is 0.353 e. The lowest BCUT2D eigenvalue weighted by molar-refractivity contribution is 0.249. The summed E-state index contributed by atoms with van der Waals surface area (Å²) in [7, 11) is 0. The predicted octanol–water partition coefficient (Wildman–Crippen LogP) is 5.24. The van der Waals surface area contributed by atoms with Crippen LogP contribution in [-0.2, 0) is 19.4 Å². The summed E-state index contributed by atoms with van der Waals surface area (Å²) in [6.45, 7) is 7.16. The SMILES string of the molecule is Cc1nc(N2CCN(Cc3ccc(Cl)cc3)CC2)c2c3c(sc2n1)CCCCC3. The first kappa shape index (κ1) is 19.3. The van der Waals surface area contributed by atoms with Crippen LogP contribution in [0, 0.1) is 6.92 Å². The molecule has 0 bridgehead atoms. The molecule has 0 spiro atoms. The molecule has 0 saturated carbocycles. The number of hydrogen-bond acceptors (Lipinski definition) is 5. The van der Waals surface area contributed by atoms with Crippen LogP contribution in [0.4, 0.5) is 5.82 Å². The molecule has 2 aliphatic rings. The molecule has 1 saturated heterocycles. The summed E-state index contributed by atoms with van der Waals surface area (Å²) >= 11 is 7.93. The third-order valence-electron chi connectivity index (χ3n) is 6.15. The Morgan fingerprint density at radius 1 is 0.966 bits per heavy atom. The molecule has 0 unspecified atom stereocenters. The summed E-state index contributed by atoms with van der Waals surface area (Å²) in [6.07, 6.45) is 6.34. The Kier molecular flexibility index (Phi) is 5.46. The second kappa shape index (κ2) is 8.21. The minimum atomic E-state index is 0.802. The van der Waals surface area contributed by atoms with E-state index >= 15 is 0 Å². The van der Waals surface area contributed by atoms with E-state index in [1.54, 1.807) is 10.4 Å². The third-order valence-corrected chi connectivity index (χ3v) is 7.59. The maximum atomic E-state index is 6.02. The van der Waals surface area contributed by atoms with Crippen LogP contribution in [0.3, 0.4) is 0 Å². The number of benzene rings is 1. The van der Waals surface area contributed by atoms with Gasteiger partial charge in [-0.15, -0.1) is 11.3 Å². The van der Waals surface area contributed by atoms with Gasteiger partial charge in [0.1, 0.15) is 16.5 Å². The topological polar surface area (TPSA) is 32.3 Å². The van der Waals surface area contributed by atoms with Crippen LogP contribution in [0.15, 0.2) is 24.3 Å². The van der Waals surface area contributed by atoms with Crippen molar-refractivity contribution in [1.29, 1.82) is 0 Å². The number of aromatic nitrogens is 2. The molecule has 2 aromatic heterocycles. The van der Waals surface area contributed by atoms with Crippen molar-refractivity contribution in [2.24, 2.45) is 0 Å². The van der Waals surface area contributed by atoms with E-state index in [0.717, 1.165) is 43.6 Å². The standard InChI is InChI=1S/C23H27ClN4S/c1-16-25-22(21-19-5-3-2-4-6-20(19)29-23(21)26-16)28-13-11-27(12-14-28)15-17-7-9-18(24)10-8-17/h7-10H,2-6,11-15H2,1H3. The number of rotatable bonds is 3. The van der Waals surface area contributed by atoms with Gasteiger partial charge in [-0.3, -0.25) is 4.90 Å². The van der Waals surface area contributed by atoms with Crippen molar-refractivity contribution < 1.29 is 0 Å². The summed E-state index contributed by atoms with van der Waals surface area (Å²) in [5, 5.41) is 2.15. The third kappa shape index (κ3) is 4.00. The van der Waals surface area contributed by atoms with E-state index in [4.69, 9.17) is 21.6 Å². The van der Waals surface area contributed by atoms with Gasteiger partial charge >= 0.3 is 0 Å². The average Bonchev–Trinajstić information content (AvgIpc) is 2.90. The van der Waals surface area contributed by atoms with Gasteiger partial charge in [0, 0.05) is 42.6 Å². The molecule has 0 radical (unpaired) electrons. The number of anilines is 1. The van der Waals surface area contributed by atoms with E-state index in [0.29, 0.717) is 0 Å². The Morgan fingerprint density at radius 2 is 1.72 bits per heavy atom. The Labute approximate surface area is 181 Å². The number of nitrogens with zero attached hydrogens (tertiary/aromatic N) is 4. The molecule has 1 aliphatic carbocycles. The van der Waals surface area contributed by atoms with Crippen molar-refractivity contribution in [3.8, 4) is 0 Å². The van der Waals surface area contributed by atoms with E-state index in [9.17, 15) is 0 Å². The van der Waals surface area contributed by atoms with E-state index in [-0.39, 0.29) is 0 Å². The maximum Gasteiger partial charge on any atom is 0.141 e. The molecule has 4 nitrogen and oxygen atoms in total. The molecule has 0 amide bonds. The smallest absolute Gasteiger partial charge is 0.141 e. The Bertz CT molecular complexity index is 1010. The second-order valence-electron chi connectivity index (χ2n) is 8.23. The maximum absolute atomic E-state index is 6.02. The highest BCUT2D eigenvalue weighted by Gasteiger charge is 2.25. The van der Waals surface area contributed by atoms with Crippen LogP contribution in [-0.4, -0.2) is 41.0 Å². The lowest BCUT2D eigenvalue weighted by Crippen LogP contribution is -2.46. The number of aryl methyl sites for hydroxylation is 3. The molecule has 3 heterocycles. The van der Waals surface area contributed by atoms with Gasteiger partial charge in [0.25, 0.3) is 0 Å². The highest BCUT2D eigenvalue weighted by Crippen LogP contribution is 2.39. The summed E-state index contributed by atoms with van der Waals surface area (Å²) in [5.41, 5.74) is 2.87. The van der Waals surface area contributed by atoms with Crippen molar-refractivity contribution in [2.75, 3.05) is 31.1 Å². The quantitative estimate of drug-likeness (QED) is 0.536. The van der Waals surface area contributed by atoms with Gasteiger partial charge in [0.2, 0.25) is 0 Å². The lowest BCUT2D eigenvalue weighted by atomic mass is 10.1. The van der Waals surface area contributed by atoms with Gasteiger partial charge in [-0.2, -0.15) is 0 Å². The van der Waals surface area contributed by atoms with Crippen LogP contribution < -0.4 is 4.90 Å². The molecular formula is C23H27ClN4S. The summed E-state index contributed by atoms with van der Waals surface area (Å²) in [4.78, 5) is 17.5. The van der Waals surface area contributed by atoms with Crippen LogP contribution in [0.1, 0.15) is 41.1 Å². The van der Waals surface area contributed by atoms with Crippen molar-refractivity contribution in [3.05, 3.63) is 51.1 Å². The van der Waals surface area contributed by atoms with E-state index < -0.39 is 0 Å². The van der Waals surface area contributed by atoms with Crippen LogP contribution in [0.2, 0.25) is 5.02 Å². The van der Waals surface area contributed by atoms with Crippen molar-refractivity contribution in [2.45, 2.75) is 45.6 Å². The predicted molar refractivity (Wildman–Crippen MR) is 122 cm³/mol. The van der Waals surface area contributed by atoms with Crippen molar-refractivity contribution >= 4 is 39.0 Å². The monoisotopic (exact) mass is 426 g/mol. The van der Waals surface area contributed by atoms with Gasteiger partial charge in [-0.1, -0.05) is 30.2 Å². The van der Waals surface area contributed by atoms with Gasteiger partial charge in [0.05, 0.1) is 5.39 Å². The number of piperazine rings is 1.